The summed E-state index contributed by atoms with van der Waals surface area (Å²) in [5.74, 6) is 0.740. The number of rotatable bonds is 9. The second kappa shape index (κ2) is 8.88. The molecule has 0 bridgehead atoms. The molecule has 0 aromatic carbocycles. The number of hydrogen-bond acceptors (Lipinski definition) is 2. The maximum Gasteiger partial charge on any atom is 0.404 e. The van der Waals surface area contributed by atoms with E-state index < -0.39 is 12.2 Å². The largest absolute Gasteiger partial charge is 0.404 e. The predicted octanol–water partition coefficient (Wildman–Crippen LogP) is 3.87. The van der Waals surface area contributed by atoms with Crippen LogP contribution in [0.2, 0.25) is 0 Å². The van der Waals surface area contributed by atoms with Gasteiger partial charge in [0.1, 0.15) is 6.04 Å². The highest BCUT2D eigenvalue weighted by molar-refractivity contribution is 4.77. The summed E-state index contributed by atoms with van der Waals surface area (Å²) in [6, 6.07) is -1.33. The lowest BCUT2D eigenvalue weighted by molar-refractivity contribution is -0.181. The van der Waals surface area contributed by atoms with E-state index in [0.29, 0.717) is 5.92 Å². The Morgan fingerprint density at radius 3 is 1.80 bits per heavy atom. The van der Waals surface area contributed by atoms with E-state index in [0.717, 1.165) is 25.9 Å². The molecule has 2 nitrogen and oxygen atoms in total. The van der Waals surface area contributed by atoms with Crippen LogP contribution in [0.5, 0.6) is 0 Å². The van der Waals surface area contributed by atoms with Crippen molar-refractivity contribution in [3.63, 3.8) is 0 Å². The van der Waals surface area contributed by atoms with Crippen LogP contribution in [-0.4, -0.2) is 56.3 Å². The molecule has 0 saturated heterocycles. The summed E-state index contributed by atoms with van der Waals surface area (Å²) in [5.41, 5.74) is 0. The third-order valence-electron chi connectivity index (χ3n) is 3.72. The van der Waals surface area contributed by atoms with Crippen LogP contribution < -0.4 is 0 Å². The Kier molecular flexibility index (Phi) is 8.75. The van der Waals surface area contributed by atoms with Crippen LogP contribution in [0.15, 0.2) is 0 Å². The van der Waals surface area contributed by atoms with Crippen LogP contribution in [0, 0.1) is 11.8 Å². The molecule has 0 aromatic heterocycles. The topological polar surface area (TPSA) is 6.48 Å². The summed E-state index contributed by atoms with van der Waals surface area (Å²) in [5, 5.41) is 0. The molecule has 0 spiro atoms. The van der Waals surface area contributed by atoms with Gasteiger partial charge in [0.15, 0.2) is 0 Å². The molecule has 122 valence electrons. The Hall–Kier alpha value is -0.290. The van der Waals surface area contributed by atoms with Gasteiger partial charge < -0.3 is 4.90 Å². The molecule has 0 aliphatic heterocycles. The third kappa shape index (κ3) is 8.80. The summed E-state index contributed by atoms with van der Waals surface area (Å²) in [7, 11) is 5.04. The maximum atomic E-state index is 12.9. The van der Waals surface area contributed by atoms with Gasteiger partial charge in [-0.25, -0.2) is 0 Å². The number of halogens is 3. The molecule has 20 heavy (non-hydrogen) atoms. The zero-order chi connectivity index (χ0) is 15.9. The molecule has 0 aromatic rings. The van der Waals surface area contributed by atoms with Gasteiger partial charge in [0.05, 0.1) is 0 Å². The summed E-state index contributed by atoms with van der Waals surface area (Å²) >= 11 is 0. The summed E-state index contributed by atoms with van der Waals surface area (Å²) < 4.78 is 38.7. The molecule has 2 unspecified atom stereocenters. The fourth-order valence-electron chi connectivity index (χ4n) is 2.17. The number of hydrogen-bond donors (Lipinski definition) is 0. The van der Waals surface area contributed by atoms with Gasteiger partial charge in [-0.3, -0.25) is 4.90 Å². The predicted molar refractivity (Wildman–Crippen MR) is 78.9 cm³/mol. The van der Waals surface area contributed by atoms with Crippen LogP contribution in [0.4, 0.5) is 13.2 Å². The van der Waals surface area contributed by atoms with E-state index in [1.165, 1.54) is 19.0 Å². The van der Waals surface area contributed by atoms with Gasteiger partial charge in [-0.2, -0.15) is 13.2 Å². The summed E-state index contributed by atoms with van der Waals surface area (Å²) in [4.78, 5) is 3.49. The molecule has 0 rings (SSSR count). The SMILES string of the molecule is CC(C)CCN(C)CCC(C)CC(N(C)C)C(F)(F)F. The summed E-state index contributed by atoms with van der Waals surface area (Å²) in [6.07, 6.45) is -2.02. The van der Waals surface area contributed by atoms with E-state index in [9.17, 15) is 13.2 Å². The van der Waals surface area contributed by atoms with Crippen molar-refractivity contribution in [1.82, 2.24) is 9.80 Å². The molecule has 2 atom stereocenters. The van der Waals surface area contributed by atoms with Crippen molar-refractivity contribution in [2.45, 2.75) is 52.3 Å². The average Bonchev–Trinajstić information content (AvgIpc) is 2.28. The minimum absolute atomic E-state index is 0.0746. The Morgan fingerprint density at radius 1 is 0.900 bits per heavy atom. The first-order valence-electron chi connectivity index (χ1n) is 7.45. The molecule has 5 heteroatoms. The van der Waals surface area contributed by atoms with Gasteiger partial charge in [-0.05, 0) is 65.3 Å². The second-order valence-corrected chi connectivity index (χ2v) is 6.64. The first kappa shape index (κ1) is 19.7. The standard InChI is InChI=1S/C15H31F3N2/c1-12(2)7-9-20(6)10-8-13(3)11-14(19(4)5)15(16,17)18/h12-14H,7-11H2,1-6H3. The zero-order valence-corrected chi connectivity index (χ0v) is 13.8. The van der Waals surface area contributed by atoms with Crippen molar-refractivity contribution < 1.29 is 13.2 Å². The average molecular weight is 296 g/mol. The Morgan fingerprint density at radius 2 is 1.40 bits per heavy atom. The highest BCUT2D eigenvalue weighted by Crippen LogP contribution is 2.29. The fourth-order valence-corrected chi connectivity index (χ4v) is 2.17. The van der Waals surface area contributed by atoms with Crippen LogP contribution >= 0.6 is 0 Å². The van der Waals surface area contributed by atoms with E-state index in [2.05, 4.69) is 18.7 Å². The lowest BCUT2D eigenvalue weighted by Gasteiger charge is -2.29. The van der Waals surface area contributed by atoms with Gasteiger partial charge in [-0.1, -0.05) is 20.8 Å². The Balaban J connectivity index is 4.11. The molecule has 0 fully saturated rings. The fraction of sp³-hybridized carbons (Fsp3) is 1.00. The quantitative estimate of drug-likeness (QED) is 0.637. The molecule has 0 saturated carbocycles. The van der Waals surface area contributed by atoms with Crippen LogP contribution in [-0.2, 0) is 0 Å². The van der Waals surface area contributed by atoms with Gasteiger partial charge in [-0.15, -0.1) is 0 Å². The van der Waals surface area contributed by atoms with E-state index >= 15 is 0 Å². The van der Waals surface area contributed by atoms with Gasteiger partial charge in [0.2, 0.25) is 0 Å². The van der Waals surface area contributed by atoms with Crippen molar-refractivity contribution in [2.24, 2.45) is 11.8 Å². The molecular formula is C15H31F3N2. The van der Waals surface area contributed by atoms with Crippen LogP contribution in [0.3, 0.4) is 0 Å². The highest BCUT2D eigenvalue weighted by Gasteiger charge is 2.41. The number of alkyl halides is 3. The first-order chi connectivity index (χ1) is 9.04. The number of nitrogens with zero attached hydrogens (tertiary/aromatic N) is 2. The molecule has 0 radical (unpaired) electrons. The molecule has 0 amide bonds. The second-order valence-electron chi connectivity index (χ2n) is 6.64. The van der Waals surface area contributed by atoms with Crippen molar-refractivity contribution in [1.29, 1.82) is 0 Å². The highest BCUT2D eigenvalue weighted by atomic mass is 19.4. The maximum absolute atomic E-state index is 12.9. The lowest BCUT2D eigenvalue weighted by Crippen LogP contribution is -2.42. The minimum Gasteiger partial charge on any atom is -0.306 e. The smallest absolute Gasteiger partial charge is 0.306 e. The monoisotopic (exact) mass is 296 g/mol. The lowest BCUT2D eigenvalue weighted by atomic mass is 9.97. The van der Waals surface area contributed by atoms with E-state index in [1.807, 2.05) is 14.0 Å². The molecule has 0 N–H and O–H groups in total. The Bertz CT molecular complexity index is 252. The van der Waals surface area contributed by atoms with Crippen molar-refractivity contribution >= 4 is 0 Å². The van der Waals surface area contributed by atoms with E-state index in [1.54, 1.807) is 0 Å². The normalized spacial score (nSPS) is 16.2. The Labute approximate surface area is 122 Å². The first-order valence-corrected chi connectivity index (χ1v) is 7.45. The van der Waals surface area contributed by atoms with E-state index in [-0.39, 0.29) is 12.3 Å². The summed E-state index contributed by atoms with van der Waals surface area (Å²) in [6.45, 7) is 8.16. The van der Waals surface area contributed by atoms with Crippen molar-refractivity contribution in [3.8, 4) is 0 Å². The van der Waals surface area contributed by atoms with E-state index in [4.69, 9.17) is 0 Å². The molecule has 0 aliphatic rings. The van der Waals surface area contributed by atoms with Crippen LogP contribution in [0.25, 0.3) is 0 Å². The molecule has 0 heterocycles. The molecule has 0 aliphatic carbocycles. The van der Waals surface area contributed by atoms with Gasteiger partial charge >= 0.3 is 6.18 Å². The van der Waals surface area contributed by atoms with Crippen LogP contribution in [0.1, 0.15) is 40.0 Å². The van der Waals surface area contributed by atoms with Gasteiger partial charge in [0, 0.05) is 0 Å². The van der Waals surface area contributed by atoms with Crippen molar-refractivity contribution in [2.75, 3.05) is 34.2 Å². The van der Waals surface area contributed by atoms with Crippen molar-refractivity contribution in [3.05, 3.63) is 0 Å². The minimum atomic E-state index is -4.14. The third-order valence-corrected chi connectivity index (χ3v) is 3.72. The zero-order valence-electron chi connectivity index (χ0n) is 13.8. The van der Waals surface area contributed by atoms with Gasteiger partial charge in [0.25, 0.3) is 0 Å². The molecular weight excluding hydrogens is 265 g/mol.